The normalized spacial score (nSPS) is 15.8. The van der Waals surface area contributed by atoms with E-state index in [1.807, 2.05) is 0 Å². The van der Waals surface area contributed by atoms with Gasteiger partial charge in [-0.25, -0.2) is 4.98 Å². The van der Waals surface area contributed by atoms with Gasteiger partial charge in [0.1, 0.15) is 0 Å². The monoisotopic (exact) mass is 540 g/mol. The van der Waals surface area contributed by atoms with E-state index in [1.54, 1.807) is 0 Å². The Hall–Kier alpha value is -4.31. The van der Waals surface area contributed by atoms with E-state index in [1.165, 1.54) is 73.0 Å². The molecular weight excluding hydrogens is 500 g/mol. The van der Waals surface area contributed by atoms with Crippen molar-refractivity contribution in [3.63, 3.8) is 0 Å². The molecule has 0 saturated carbocycles. The SMILES string of the molecule is CN(C)c1ccc(C=C2CCc3c2nc2c(c3-c3ccc(N(C)C)cc3)CCC2=Cc2ccc(N(C)C)cc2)cc1. The van der Waals surface area contributed by atoms with Crippen molar-refractivity contribution in [1.29, 1.82) is 0 Å². The molecule has 0 atom stereocenters. The first-order chi connectivity index (χ1) is 19.8. The molecular formula is C37H40N4. The molecule has 0 aliphatic heterocycles. The number of rotatable bonds is 6. The number of benzene rings is 3. The minimum absolute atomic E-state index is 1.02. The summed E-state index contributed by atoms with van der Waals surface area (Å²) >= 11 is 0. The molecule has 6 rings (SSSR count). The molecule has 4 aromatic rings. The highest BCUT2D eigenvalue weighted by Crippen LogP contribution is 2.46. The van der Waals surface area contributed by atoms with Gasteiger partial charge in [0.25, 0.3) is 0 Å². The minimum atomic E-state index is 1.02. The fraction of sp³-hybridized carbons (Fsp3) is 0.270. The summed E-state index contributed by atoms with van der Waals surface area (Å²) in [5.74, 6) is 0. The summed E-state index contributed by atoms with van der Waals surface area (Å²) in [7, 11) is 12.5. The summed E-state index contributed by atoms with van der Waals surface area (Å²) < 4.78 is 0. The maximum absolute atomic E-state index is 5.45. The molecule has 0 fully saturated rings. The number of aromatic nitrogens is 1. The van der Waals surface area contributed by atoms with E-state index in [0.29, 0.717) is 0 Å². The fourth-order valence-corrected chi connectivity index (χ4v) is 6.14. The zero-order chi connectivity index (χ0) is 28.7. The second-order valence-electron chi connectivity index (χ2n) is 11.9. The molecule has 0 saturated heterocycles. The van der Waals surface area contributed by atoms with Gasteiger partial charge in [-0.15, -0.1) is 0 Å². The highest BCUT2D eigenvalue weighted by molar-refractivity contribution is 5.93. The first-order valence-electron chi connectivity index (χ1n) is 14.6. The Morgan fingerprint density at radius 3 is 1.22 bits per heavy atom. The topological polar surface area (TPSA) is 22.6 Å². The van der Waals surface area contributed by atoms with E-state index in [4.69, 9.17) is 4.98 Å². The lowest BCUT2D eigenvalue weighted by atomic mass is 9.92. The van der Waals surface area contributed by atoms with Crippen molar-refractivity contribution in [2.45, 2.75) is 25.7 Å². The summed E-state index contributed by atoms with van der Waals surface area (Å²) in [5.41, 5.74) is 16.7. The number of fused-ring (bicyclic) bond motifs is 2. The van der Waals surface area contributed by atoms with E-state index in [2.05, 4.69) is 142 Å². The van der Waals surface area contributed by atoms with E-state index in [-0.39, 0.29) is 0 Å². The predicted molar refractivity (Wildman–Crippen MR) is 178 cm³/mol. The first kappa shape index (κ1) is 26.9. The lowest BCUT2D eigenvalue weighted by Crippen LogP contribution is -2.08. The molecule has 1 aromatic heterocycles. The lowest BCUT2D eigenvalue weighted by molar-refractivity contribution is 1.05. The van der Waals surface area contributed by atoms with Crippen LogP contribution >= 0.6 is 0 Å². The maximum Gasteiger partial charge on any atom is 0.0707 e. The number of nitrogens with zero attached hydrogens (tertiary/aromatic N) is 4. The van der Waals surface area contributed by atoms with Crippen molar-refractivity contribution in [3.8, 4) is 11.1 Å². The Morgan fingerprint density at radius 1 is 0.488 bits per heavy atom. The molecule has 4 heteroatoms. The summed E-state index contributed by atoms with van der Waals surface area (Å²) in [4.78, 5) is 11.9. The summed E-state index contributed by atoms with van der Waals surface area (Å²) in [6, 6.07) is 26.7. The molecule has 208 valence electrons. The molecule has 41 heavy (non-hydrogen) atoms. The molecule has 0 spiro atoms. The van der Waals surface area contributed by atoms with Gasteiger partial charge in [0.15, 0.2) is 0 Å². The fourth-order valence-electron chi connectivity index (χ4n) is 6.14. The van der Waals surface area contributed by atoms with E-state index in [0.717, 1.165) is 25.7 Å². The number of pyridine rings is 1. The van der Waals surface area contributed by atoms with E-state index in [9.17, 15) is 0 Å². The highest BCUT2D eigenvalue weighted by atomic mass is 15.1. The van der Waals surface area contributed by atoms with Gasteiger partial charge in [-0.3, -0.25) is 0 Å². The van der Waals surface area contributed by atoms with E-state index < -0.39 is 0 Å². The van der Waals surface area contributed by atoms with Crippen LogP contribution in [0.2, 0.25) is 0 Å². The molecule has 0 amide bonds. The van der Waals surface area contributed by atoms with Crippen LogP contribution in [0.5, 0.6) is 0 Å². The largest absolute Gasteiger partial charge is 0.378 e. The Kier molecular flexibility index (Phi) is 7.17. The van der Waals surface area contributed by atoms with Crippen LogP contribution in [0.15, 0.2) is 72.8 Å². The number of anilines is 3. The molecule has 0 N–H and O–H groups in total. The van der Waals surface area contributed by atoms with Gasteiger partial charge in [-0.05, 0) is 119 Å². The molecule has 2 aliphatic rings. The molecule has 2 aliphatic carbocycles. The van der Waals surface area contributed by atoms with Crippen molar-refractivity contribution in [1.82, 2.24) is 4.98 Å². The number of allylic oxidation sites excluding steroid dienone is 2. The van der Waals surface area contributed by atoms with Crippen molar-refractivity contribution in [3.05, 3.63) is 106 Å². The van der Waals surface area contributed by atoms with Crippen LogP contribution in [0.1, 0.15) is 46.5 Å². The highest BCUT2D eigenvalue weighted by Gasteiger charge is 2.30. The standard InChI is InChI=1S/C37H40N4/c1-39(2)30-15-7-25(8-16-30)23-28-13-21-33-35(27-11-19-32(20-12-27)41(5)6)34-22-14-29(37(34)38-36(28)33)24-26-9-17-31(18-10-26)40(3)4/h7-12,15-20,23-24H,13-14,21-22H2,1-6H3. The second kappa shape index (κ2) is 10.9. The molecule has 4 nitrogen and oxygen atoms in total. The van der Waals surface area contributed by atoms with Gasteiger partial charge >= 0.3 is 0 Å². The van der Waals surface area contributed by atoms with Crippen LogP contribution in [-0.4, -0.2) is 47.3 Å². The molecule has 0 radical (unpaired) electrons. The van der Waals surface area contributed by atoms with Crippen molar-refractivity contribution in [2.75, 3.05) is 57.0 Å². The van der Waals surface area contributed by atoms with Crippen molar-refractivity contribution >= 4 is 40.4 Å². The summed E-state index contributed by atoms with van der Waals surface area (Å²) in [6.07, 6.45) is 8.81. The lowest BCUT2D eigenvalue weighted by Gasteiger charge is -2.17. The summed E-state index contributed by atoms with van der Waals surface area (Å²) in [6.45, 7) is 0. The smallest absolute Gasteiger partial charge is 0.0707 e. The van der Waals surface area contributed by atoms with Gasteiger partial charge in [0, 0.05) is 59.3 Å². The first-order valence-corrected chi connectivity index (χ1v) is 14.6. The van der Waals surface area contributed by atoms with Crippen molar-refractivity contribution in [2.24, 2.45) is 0 Å². The predicted octanol–water partition coefficient (Wildman–Crippen LogP) is 7.92. The van der Waals surface area contributed by atoms with Crippen LogP contribution < -0.4 is 14.7 Å². The molecule has 0 bridgehead atoms. The Bertz CT molecular complexity index is 1530. The van der Waals surface area contributed by atoms with Gasteiger partial charge in [-0.2, -0.15) is 0 Å². The van der Waals surface area contributed by atoms with Crippen molar-refractivity contribution < 1.29 is 0 Å². The number of hydrogen-bond donors (Lipinski definition) is 0. The zero-order valence-corrected chi connectivity index (χ0v) is 25.2. The van der Waals surface area contributed by atoms with Crippen LogP contribution in [0, 0.1) is 0 Å². The quantitative estimate of drug-likeness (QED) is 0.248. The average molecular weight is 541 g/mol. The average Bonchev–Trinajstić information content (AvgIpc) is 3.56. The van der Waals surface area contributed by atoms with Crippen LogP contribution in [0.3, 0.4) is 0 Å². The molecule has 1 heterocycles. The third-order valence-electron chi connectivity index (χ3n) is 8.47. The van der Waals surface area contributed by atoms with Gasteiger partial charge in [0.05, 0.1) is 11.4 Å². The summed E-state index contributed by atoms with van der Waals surface area (Å²) in [5, 5.41) is 0. The minimum Gasteiger partial charge on any atom is -0.378 e. The molecule has 3 aromatic carbocycles. The Labute approximate surface area is 245 Å². The van der Waals surface area contributed by atoms with Gasteiger partial charge < -0.3 is 14.7 Å². The Morgan fingerprint density at radius 2 is 0.854 bits per heavy atom. The maximum atomic E-state index is 5.45. The third-order valence-corrected chi connectivity index (χ3v) is 8.47. The molecule has 0 unspecified atom stereocenters. The van der Waals surface area contributed by atoms with Gasteiger partial charge in [0.2, 0.25) is 0 Å². The van der Waals surface area contributed by atoms with Crippen LogP contribution in [-0.2, 0) is 12.8 Å². The van der Waals surface area contributed by atoms with Crippen LogP contribution in [0.4, 0.5) is 17.1 Å². The van der Waals surface area contributed by atoms with Gasteiger partial charge in [-0.1, -0.05) is 36.4 Å². The Balaban J connectivity index is 1.47. The second-order valence-corrected chi connectivity index (χ2v) is 11.9. The number of hydrogen-bond acceptors (Lipinski definition) is 4. The van der Waals surface area contributed by atoms with Crippen LogP contribution in [0.25, 0.3) is 34.4 Å². The third kappa shape index (κ3) is 5.27. The van der Waals surface area contributed by atoms with E-state index >= 15 is 0 Å². The zero-order valence-electron chi connectivity index (χ0n) is 25.2.